The van der Waals surface area contributed by atoms with E-state index in [1.54, 1.807) is 0 Å². The topological polar surface area (TPSA) is 20.2 Å². The van der Waals surface area contributed by atoms with Gasteiger partial charge >= 0.3 is 0 Å². The highest BCUT2D eigenvalue weighted by Crippen LogP contribution is 2.33. The van der Waals surface area contributed by atoms with Crippen LogP contribution in [0, 0.1) is 0 Å². The minimum absolute atomic E-state index is 0.0285. The van der Waals surface area contributed by atoms with Crippen LogP contribution < -0.4 is 0 Å². The Morgan fingerprint density at radius 3 is 2.00 bits per heavy atom. The van der Waals surface area contributed by atoms with Crippen LogP contribution in [0.15, 0.2) is 48.5 Å². The molecule has 0 spiro atoms. The molecule has 0 aliphatic carbocycles. The zero-order valence-corrected chi connectivity index (χ0v) is 10.6. The molecule has 1 heteroatoms. The van der Waals surface area contributed by atoms with Crippen LogP contribution in [0.4, 0.5) is 0 Å². The fourth-order valence-electron chi connectivity index (χ4n) is 1.98. The molecular formula is C16H18O. The SMILES string of the molecule is CC(C)(C)c1ccc(-c2ccccc2)cc1O. The molecule has 1 nitrogen and oxygen atoms in total. The molecule has 0 amide bonds. The van der Waals surface area contributed by atoms with E-state index in [1.165, 1.54) is 0 Å². The van der Waals surface area contributed by atoms with E-state index in [0.29, 0.717) is 5.75 Å². The molecule has 0 aliphatic rings. The second-order valence-corrected chi connectivity index (χ2v) is 5.35. The molecule has 2 aromatic carbocycles. The van der Waals surface area contributed by atoms with Crippen LogP contribution in [0.5, 0.6) is 5.75 Å². The first-order valence-electron chi connectivity index (χ1n) is 5.87. The number of aromatic hydroxyl groups is 1. The lowest BCUT2D eigenvalue weighted by Gasteiger charge is -2.20. The normalized spacial score (nSPS) is 11.5. The molecule has 0 bridgehead atoms. The van der Waals surface area contributed by atoms with Gasteiger partial charge in [-0.25, -0.2) is 0 Å². The first-order valence-corrected chi connectivity index (χ1v) is 5.87. The second kappa shape index (κ2) is 4.25. The van der Waals surface area contributed by atoms with Crippen LogP contribution in [-0.4, -0.2) is 5.11 Å². The van der Waals surface area contributed by atoms with Crippen LogP contribution in [0.2, 0.25) is 0 Å². The molecule has 0 heterocycles. The van der Waals surface area contributed by atoms with Crippen molar-refractivity contribution in [3.63, 3.8) is 0 Å². The maximum absolute atomic E-state index is 10.1. The van der Waals surface area contributed by atoms with E-state index in [1.807, 2.05) is 42.5 Å². The first kappa shape index (κ1) is 11.7. The minimum atomic E-state index is -0.0285. The maximum Gasteiger partial charge on any atom is 0.119 e. The van der Waals surface area contributed by atoms with Gasteiger partial charge in [0.05, 0.1) is 0 Å². The van der Waals surface area contributed by atoms with E-state index >= 15 is 0 Å². The third-order valence-corrected chi connectivity index (χ3v) is 2.91. The van der Waals surface area contributed by atoms with Gasteiger partial charge in [0.2, 0.25) is 0 Å². The van der Waals surface area contributed by atoms with Crippen molar-refractivity contribution >= 4 is 0 Å². The molecule has 0 aliphatic heterocycles. The van der Waals surface area contributed by atoms with Gasteiger partial charge in [0.15, 0.2) is 0 Å². The van der Waals surface area contributed by atoms with Crippen molar-refractivity contribution in [3.8, 4) is 16.9 Å². The van der Waals surface area contributed by atoms with Gasteiger partial charge < -0.3 is 5.11 Å². The number of benzene rings is 2. The van der Waals surface area contributed by atoms with E-state index < -0.39 is 0 Å². The van der Waals surface area contributed by atoms with Gasteiger partial charge in [-0.05, 0) is 28.2 Å². The fraction of sp³-hybridized carbons (Fsp3) is 0.250. The molecule has 0 saturated carbocycles. The van der Waals surface area contributed by atoms with Crippen LogP contribution in [0.25, 0.3) is 11.1 Å². The third kappa shape index (κ3) is 2.50. The summed E-state index contributed by atoms with van der Waals surface area (Å²) in [5.74, 6) is 0.374. The monoisotopic (exact) mass is 226 g/mol. The van der Waals surface area contributed by atoms with Crippen molar-refractivity contribution in [2.24, 2.45) is 0 Å². The van der Waals surface area contributed by atoms with Crippen molar-refractivity contribution in [3.05, 3.63) is 54.1 Å². The van der Waals surface area contributed by atoms with Crippen molar-refractivity contribution in [2.45, 2.75) is 26.2 Å². The molecule has 2 aromatic rings. The summed E-state index contributed by atoms with van der Waals surface area (Å²) in [7, 11) is 0. The molecule has 0 saturated heterocycles. The van der Waals surface area contributed by atoms with Crippen molar-refractivity contribution in [2.75, 3.05) is 0 Å². The zero-order valence-electron chi connectivity index (χ0n) is 10.6. The molecule has 17 heavy (non-hydrogen) atoms. The van der Waals surface area contributed by atoms with Crippen LogP contribution in [0.1, 0.15) is 26.3 Å². The third-order valence-electron chi connectivity index (χ3n) is 2.91. The fourth-order valence-corrected chi connectivity index (χ4v) is 1.98. The van der Waals surface area contributed by atoms with Crippen molar-refractivity contribution in [1.82, 2.24) is 0 Å². The molecule has 0 fully saturated rings. The van der Waals surface area contributed by atoms with Gasteiger partial charge in [0.1, 0.15) is 5.75 Å². The van der Waals surface area contributed by atoms with E-state index in [2.05, 4.69) is 26.8 Å². The quantitative estimate of drug-likeness (QED) is 0.766. The summed E-state index contributed by atoms with van der Waals surface area (Å²) in [6.07, 6.45) is 0. The molecular weight excluding hydrogens is 208 g/mol. The van der Waals surface area contributed by atoms with Gasteiger partial charge in [-0.1, -0.05) is 63.2 Å². The smallest absolute Gasteiger partial charge is 0.119 e. The average Bonchev–Trinajstić information content (AvgIpc) is 2.28. The second-order valence-electron chi connectivity index (χ2n) is 5.35. The van der Waals surface area contributed by atoms with Gasteiger partial charge in [-0.2, -0.15) is 0 Å². The Labute approximate surface area is 103 Å². The van der Waals surface area contributed by atoms with E-state index in [9.17, 15) is 5.11 Å². The van der Waals surface area contributed by atoms with Gasteiger partial charge in [0.25, 0.3) is 0 Å². The number of hydrogen-bond acceptors (Lipinski definition) is 1. The van der Waals surface area contributed by atoms with Crippen molar-refractivity contribution < 1.29 is 5.11 Å². The molecule has 0 atom stereocenters. The molecule has 2 rings (SSSR count). The summed E-state index contributed by atoms with van der Waals surface area (Å²) in [6.45, 7) is 6.30. The Kier molecular flexibility index (Phi) is 2.93. The molecule has 0 unspecified atom stereocenters. The highest BCUT2D eigenvalue weighted by Gasteiger charge is 2.17. The lowest BCUT2D eigenvalue weighted by molar-refractivity contribution is 0.447. The Balaban J connectivity index is 2.45. The summed E-state index contributed by atoms with van der Waals surface area (Å²) in [5.41, 5.74) is 3.13. The Morgan fingerprint density at radius 2 is 1.47 bits per heavy atom. The molecule has 88 valence electrons. The number of hydrogen-bond donors (Lipinski definition) is 1. The Bertz CT molecular complexity index is 507. The average molecular weight is 226 g/mol. The number of rotatable bonds is 1. The predicted octanol–water partition coefficient (Wildman–Crippen LogP) is 4.36. The van der Waals surface area contributed by atoms with Crippen LogP contribution in [-0.2, 0) is 5.41 Å². The van der Waals surface area contributed by atoms with E-state index in [0.717, 1.165) is 16.7 Å². The van der Waals surface area contributed by atoms with Gasteiger partial charge in [-0.3, -0.25) is 0 Å². The van der Waals surface area contributed by atoms with Gasteiger partial charge in [0, 0.05) is 0 Å². The predicted molar refractivity (Wildman–Crippen MR) is 72.2 cm³/mol. The highest BCUT2D eigenvalue weighted by molar-refractivity contribution is 5.66. The summed E-state index contributed by atoms with van der Waals surface area (Å²) in [5, 5.41) is 10.1. The Morgan fingerprint density at radius 1 is 0.824 bits per heavy atom. The highest BCUT2D eigenvalue weighted by atomic mass is 16.3. The molecule has 0 radical (unpaired) electrons. The largest absolute Gasteiger partial charge is 0.508 e. The standard InChI is InChI=1S/C16H18O/c1-16(2,3)14-10-9-13(11-15(14)17)12-7-5-4-6-8-12/h4-11,17H,1-3H3. The van der Waals surface area contributed by atoms with Crippen LogP contribution in [0.3, 0.4) is 0 Å². The van der Waals surface area contributed by atoms with Crippen molar-refractivity contribution in [1.29, 1.82) is 0 Å². The summed E-state index contributed by atoms with van der Waals surface area (Å²) < 4.78 is 0. The summed E-state index contributed by atoms with van der Waals surface area (Å²) in [6, 6.07) is 16.0. The Hall–Kier alpha value is -1.76. The molecule has 1 N–H and O–H groups in total. The van der Waals surface area contributed by atoms with E-state index in [-0.39, 0.29) is 5.41 Å². The van der Waals surface area contributed by atoms with Gasteiger partial charge in [-0.15, -0.1) is 0 Å². The van der Waals surface area contributed by atoms with E-state index in [4.69, 9.17) is 0 Å². The maximum atomic E-state index is 10.1. The lowest BCUT2D eigenvalue weighted by atomic mass is 9.85. The molecule has 0 aromatic heterocycles. The summed E-state index contributed by atoms with van der Waals surface area (Å²) in [4.78, 5) is 0. The number of phenols is 1. The lowest BCUT2D eigenvalue weighted by Crippen LogP contribution is -2.11. The number of phenolic OH excluding ortho intramolecular Hbond substituents is 1. The summed E-state index contributed by atoms with van der Waals surface area (Å²) >= 11 is 0. The zero-order chi connectivity index (χ0) is 12.5. The van der Waals surface area contributed by atoms with Crippen LogP contribution >= 0.6 is 0 Å². The minimum Gasteiger partial charge on any atom is -0.508 e. The first-order chi connectivity index (χ1) is 7.98.